The molecule has 1 atom stereocenters. The molecule has 0 aliphatic carbocycles. The van der Waals surface area contributed by atoms with Crippen LogP contribution in [0.5, 0.6) is 5.75 Å². The number of aryl methyl sites for hydroxylation is 1. The lowest BCUT2D eigenvalue weighted by Crippen LogP contribution is -2.46. The number of phosphoric ester groups is 1. The molecular weight excluding hydrogens is 331 g/mol. The van der Waals surface area contributed by atoms with Gasteiger partial charge in [-0.3, -0.25) is 19.6 Å². The number of aliphatic hydroxyl groups excluding tert-OH is 1. The molecule has 0 radical (unpaired) electrons. The summed E-state index contributed by atoms with van der Waals surface area (Å²) in [5.74, 6) is -1.49. The highest BCUT2D eigenvalue weighted by atomic mass is 31.2. The third-order valence-electron chi connectivity index (χ3n) is 3.12. The Morgan fingerprint density at radius 3 is 2.52 bits per heavy atom. The molecule has 6 N–H and O–H groups in total. The predicted octanol–water partition coefficient (Wildman–Crippen LogP) is 0.149. The number of carbonyl (C=O) groups is 1. The summed E-state index contributed by atoms with van der Waals surface area (Å²) in [5, 5.41) is 31.5. The standard InChI is InChI=1S/C12H19N2O8P/c1-6-9(15)7(5-14-12(2,3)11(17)18)8(4-13-6)10(16)22-23(19,20)21/h4,10,14-16H,5H2,1-3H3,(H,17,18)(H2,19,20,21). The number of hydrogen-bond acceptors (Lipinski definition) is 7. The average Bonchev–Trinajstić information content (AvgIpc) is 2.38. The van der Waals surface area contributed by atoms with E-state index in [0.717, 1.165) is 6.20 Å². The van der Waals surface area contributed by atoms with Crippen LogP contribution in [0.25, 0.3) is 0 Å². The van der Waals surface area contributed by atoms with Crippen molar-refractivity contribution in [3.63, 3.8) is 0 Å². The van der Waals surface area contributed by atoms with Gasteiger partial charge in [0.2, 0.25) is 0 Å². The molecule has 1 heterocycles. The Bertz CT molecular complexity index is 642. The van der Waals surface area contributed by atoms with Crippen LogP contribution >= 0.6 is 7.82 Å². The van der Waals surface area contributed by atoms with E-state index >= 15 is 0 Å². The van der Waals surface area contributed by atoms with Crippen LogP contribution in [0.1, 0.15) is 37.0 Å². The summed E-state index contributed by atoms with van der Waals surface area (Å²) in [6, 6.07) is 0. The molecule has 0 aromatic carbocycles. The third kappa shape index (κ3) is 5.24. The quantitative estimate of drug-likeness (QED) is 0.294. The average molecular weight is 350 g/mol. The van der Waals surface area contributed by atoms with Gasteiger partial charge in [0.25, 0.3) is 0 Å². The van der Waals surface area contributed by atoms with Gasteiger partial charge in [-0.1, -0.05) is 0 Å². The number of hydrogen-bond donors (Lipinski definition) is 6. The number of aliphatic hydroxyl groups is 1. The number of phosphoric acid groups is 1. The zero-order valence-corrected chi connectivity index (χ0v) is 13.6. The molecule has 1 rings (SSSR count). The molecule has 1 aromatic heterocycles. The van der Waals surface area contributed by atoms with Gasteiger partial charge < -0.3 is 25.1 Å². The maximum atomic E-state index is 11.1. The second-order valence-electron chi connectivity index (χ2n) is 5.36. The summed E-state index contributed by atoms with van der Waals surface area (Å²) in [4.78, 5) is 32.4. The summed E-state index contributed by atoms with van der Waals surface area (Å²) in [6.07, 6.45) is -0.959. The number of aromatic hydroxyl groups is 1. The Morgan fingerprint density at radius 1 is 1.48 bits per heavy atom. The van der Waals surface area contributed by atoms with Crippen molar-refractivity contribution in [3.05, 3.63) is 23.0 Å². The smallest absolute Gasteiger partial charge is 0.472 e. The summed E-state index contributed by atoms with van der Waals surface area (Å²) in [7, 11) is -4.98. The minimum Gasteiger partial charge on any atom is -0.506 e. The first-order chi connectivity index (χ1) is 10.3. The lowest BCUT2D eigenvalue weighted by molar-refractivity contribution is -0.143. The zero-order chi connectivity index (χ0) is 18.0. The van der Waals surface area contributed by atoms with Crippen molar-refractivity contribution in [2.45, 2.75) is 39.1 Å². The van der Waals surface area contributed by atoms with Gasteiger partial charge in [-0.15, -0.1) is 0 Å². The number of aromatic nitrogens is 1. The van der Waals surface area contributed by atoms with Crippen molar-refractivity contribution >= 4 is 13.8 Å². The highest BCUT2D eigenvalue weighted by molar-refractivity contribution is 7.46. The van der Waals surface area contributed by atoms with Crippen LogP contribution < -0.4 is 5.32 Å². The minimum absolute atomic E-state index is 0.0211. The Labute approximate surface area is 132 Å². The van der Waals surface area contributed by atoms with Gasteiger partial charge in [0.05, 0.1) is 5.69 Å². The minimum atomic E-state index is -4.98. The van der Waals surface area contributed by atoms with E-state index in [-0.39, 0.29) is 29.1 Å². The predicted molar refractivity (Wildman–Crippen MR) is 77.3 cm³/mol. The zero-order valence-electron chi connectivity index (χ0n) is 12.7. The molecule has 130 valence electrons. The third-order valence-corrected chi connectivity index (χ3v) is 3.59. The van der Waals surface area contributed by atoms with Gasteiger partial charge in [-0.2, -0.15) is 0 Å². The van der Waals surface area contributed by atoms with Crippen LogP contribution in [0, 0.1) is 6.92 Å². The molecule has 0 saturated carbocycles. The van der Waals surface area contributed by atoms with Gasteiger partial charge in [0.15, 0.2) is 6.29 Å². The van der Waals surface area contributed by atoms with E-state index in [1.54, 1.807) is 0 Å². The molecule has 0 spiro atoms. The first-order valence-corrected chi connectivity index (χ1v) is 7.96. The lowest BCUT2D eigenvalue weighted by atomic mass is 10.0. The highest BCUT2D eigenvalue weighted by Crippen LogP contribution is 2.42. The number of carboxylic acid groups (broad SMARTS) is 1. The monoisotopic (exact) mass is 350 g/mol. The molecular formula is C12H19N2O8P. The van der Waals surface area contributed by atoms with E-state index in [0.29, 0.717) is 0 Å². The van der Waals surface area contributed by atoms with Crippen molar-refractivity contribution < 1.29 is 39.0 Å². The van der Waals surface area contributed by atoms with Crippen molar-refractivity contribution in [3.8, 4) is 5.75 Å². The fourth-order valence-corrected chi connectivity index (χ4v) is 2.00. The van der Waals surface area contributed by atoms with E-state index in [2.05, 4.69) is 14.8 Å². The van der Waals surface area contributed by atoms with Crippen LogP contribution in [0.2, 0.25) is 0 Å². The first-order valence-electron chi connectivity index (χ1n) is 6.43. The highest BCUT2D eigenvalue weighted by Gasteiger charge is 2.29. The first kappa shape index (κ1) is 19.5. The van der Waals surface area contributed by atoms with E-state index < -0.39 is 25.6 Å². The Morgan fingerprint density at radius 2 is 2.04 bits per heavy atom. The molecule has 0 fully saturated rings. The van der Waals surface area contributed by atoms with E-state index in [4.69, 9.17) is 14.9 Å². The normalized spacial score (nSPS) is 13.8. The molecule has 0 amide bonds. The van der Waals surface area contributed by atoms with Crippen LogP contribution in [-0.4, -0.2) is 41.6 Å². The van der Waals surface area contributed by atoms with E-state index in [1.165, 1.54) is 20.8 Å². The fraction of sp³-hybridized carbons (Fsp3) is 0.500. The van der Waals surface area contributed by atoms with Crippen LogP contribution in [-0.2, 0) is 20.4 Å². The van der Waals surface area contributed by atoms with Gasteiger partial charge >= 0.3 is 13.8 Å². The van der Waals surface area contributed by atoms with Crippen LogP contribution in [0.3, 0.4) is 0 Å². The molecule has 23 heavy (non-hydrogen) atoms. The fourth-order valence-electron chi connectivity index (χ4n) is 1.63. The lowest BCUT2D eigenvalue weighted by Gasteiger charge is -2.23. The number of carboxylic acids is 1. The second kappa shape index (κ2) is 6.91. The number of rotatable bonds is 7. The molecule has 0 saturated heterocycles. The number of nitrogens with zero attached hydrogens (tertiary/aromatic N) is 1. The molecule has 0 aliphatic heterocycles. The van der Waals surface area contributed by atoms with Crippen molar-refractivity contribution in [2.24, 2.45) is 0 Å². The second-order valence-corrected chi connectivity index (χ2v) is 6.55. The maximum Gasteiger partial charge on any atom is 0.472 e. The molecule has 11 heteroatoms. The Hall–Kier alpha value is -1.55. The van der Waals surface area contributed by atoms with E-state index in [9.17, 15) is 19.6 Å². The summed E-state index contributed by atoms with van der Waals surface area (Å²) in [6.45, 7) is 4.05. The van der Waals surface area contributed by atoms with Crippen molar-refractivity contribution in [1.82, 2.24) is 10.3 Å². The van der Waals surface area contributed by atoms with Crippen molar-refractivity contribution in [1.29, 1.82) is 0 Å². The summed E-state index contributed by atoms with van der Waals surface area (Å²) >= 11 is 0. The van der Waals surface area contributed by atoms with Crippen LogP contribution in [0.15, 0.2) is 6.20 Å². The molecule has 1 unspecified atom stereocenters. The Balaban J connectivity index is 3.16. The SMILES string of the molecule is Cc1ncc(C(O)OP(=O)(O)O)c(CNC(C)(C)C(=O)O)c1O. The Kier molecular flexibility index (Phi) is 5.86. The number of aliphatic carboxylic acids is 1. The van der Waals surface area contributed by atoms with Crippen molar-refractivity contribution in [2.75, 3.05) is 0 Å². The summed E-state index contributed by atoms with van der Waals surface area (Å²) in [5.41, 5.74) is -1.31. The van der Waals surface area contributed by atoms with Gasteiger partial charge in [-0.05, 0) is 20.8 Å². The van der Waals surface area contributed by atoms with Gasteiger partial charge in [-0.25, -0.2) is 4.57 Å². The number of pyridine rings is 1. The van der Waals surface area contributed by atoms with Crippen LogP contribution in [0.4, 0.5) is 0 Å². The topological polar surface area (TPSA) is 169 Å². The summed E-state index contributed by atoms with van der Waals surface area (Å²) < 4.78 is 15.0. The molecule has 1 aromatic rings. The molecule has 0 bridgehead atoms. The number of nitrogens with one attached hydrogen (secondary N) is 1. The van der Waals surface area contributed by atoms with Gasteiger partial charge in [0, 0.05) is 23.9 Å². The molecule has 10 nitrogen and oxygen atoms in total. The van der Waals surface area contributed by atoms with Gasteiger partial charge in [0.1, 0.15) is 11.3 Å². The van der Waals surface area contributed by atoms with E-state index in [1.807, 2.05) is 0 Å². The maximum absolute atomic E-state index is 11.1. The largest absolute Gasteiger partial charge is 0.506 e. The molecule has 0 aliphatic rings.